The Morgan fingerprint density at radius 3 is 2.47 bits per heavy atom. The fourth-order valence-corrected chi connectivity index (χ4v) is 1.61. The lowest BCUT2D eigenvalue weighted by Crippen LogP contribution is -2.00. The molecule has 1 aromatic rings. The van der Waals surface area contributed by atoms with Crippen molar-refractivity contribution >= 4 is 6.29 Å². The van der Waals surface area contributed by atoms with Crippen LogP contribution in [0.3, 0.4) is 0 Å². The lowest BCUT2D eigenvalue weighted by atomic mass is 10.0. The van der Waals surface area contributed by atoms with Crippen molar-refractivity contribution in [3.8, 4) is 11.5 Å². The third-order valence-electron chi connectivity index (χ3n) is 2.40. The quantitative estimate of drug-likeness (QED) is 0.694. The van der Waals surface area contributed by atoms with Crippen molar-refractivity contribution in [1.82, 2.24) is 0 Å². The Kier molecular flexibility index (Phi) is 4.16. The highest BCUT2D eigenvalue weighted by atomic mass is 16.5. The molecule has 0 amide bonds. The van der Waals surface area contributed by atoms with E-state index in [-0.39, 0.29) is 0 Å². The van der Waals surface area contributed by atoms with Crippen molar-refractivity contribution < 1.29 is 14.3 Å². The summed E-state index contributed by atoms with van der Waals surface area (Å²) in [4.78, 5) is 10.6. The maximum atomic E-state index is 10.6. The molecular weight excluding hydrogens is 192 g/mol. The molecule has 15 heavy (non-hydrogen) atoms. The number of aldehydes is 1. The van der Waals surface area contributed by atoms with E-state index >= 15 is 0 Å². The lowest BCUT2D eigenvalue weighted by Gasteiger charge is -2.13. The summed E-state index contributed by atoms with van der Waals surface area (Å²) >= 11 is 0. The number of rotatable bonds is 5. The van der Waals surface area contributed by atoms with Gasteiger partial charge in [0.15, 0.2) is 0 Å². The molecule has 0 atom stereocenters. The third-order valence-corrected chi connectivity index (χ3v) is 2.40. The summed E-state index contributed by atoms with van der Waals surface area (Å²) in [5.41, 5.74) is 2.05. The van der Waals surface area contributed by atoms with Crippen LogP contribution in [0.15, 0.2) is 12.1 Å². The number of hydrogen-bond acceptors (Lipinski definition) is 3. The zero-order chi connectivity index (χ0) is 11.3. The van der Waals surface area contributed by atoms with E-state index in [2.05, 4.69) is 0 Å². The molecule has 82 valence electrons. The van der Waals surface area contributed by atoms with Crippen LogP contribution in [0, 0.1) is 0 Å². The summed E-state index contributed by atoms with van der Waals surface area (Å²) in [6, 6.07) is 3.75. The minimum atomic E-state index is 0.385. The molecule has 0 fully saturated rings. The summed E-state index contributed by atoms with van der Waals surface area (Å²) in [5.74, 6) is 1.48. The van der Waals surface area contributed by atoms with Gasteiger partial charge in [-0.1, -0.05) is 6.92 Å². The monoisotopic (exact) mass is 208 g/mol. The Morgan fingerprint density at radius 2 is 2.00 bits per heavy atom. The van der Waals surface area contributed by atoms with Gasteiger partial charge in [0.1, 0.15) is 17.8 Å². The number of carbonyl (C=O) groups excluding carboxylic acids is 1. The van der Waals surface area contributed by atoms with Crippen LogP contribution in [0.5, 0.6) is 11.5 Å². The molecule has 0 bridgehead atoms. The standard InChI is InChI=1S/C12H16O3/c1-4-9-7-10(14-2)8-12(15-3)11(9)5-6-13/h6-8H,4-5H2,1-3H3. The summed E-state index contributed by atoms with van der Waals surface area (Å²) < 4.78 is 10.4. The molecule has 0 unspecified atom stereocenters. The predicted molar refractivity (Wildman–Crippen MR) is 58.7 cm³/mol. The zero-order valence-corrected chi connectivity index (χ0v) is 9.37. The maximum absolute atomic E-state index is 10.6. The van der Waals surface area contributed by atoms with Crippen molar-refractivity contribution in [3.05, 3.63) is 23.3 Å². The van der Waals surface area contributed by atoms with Crippen LogP contribution in [0.2, 0.25) is 0 Å². The van der Waals surface area contributed by atoms with Gasteiger partial charge in [0, 0.05) is 18.1 Å². The number of carbonyl (C=O) groups is 1. The molecule has 0 saturated heterocycles. The largest absolute Gasteiger partial charge is 0.497 e. The van der Waals surface area contributed by atoms with Gasteiger partial charge in [-0.05, 0) is 18.1 Å². The van der Waals surface area contributed by atoms with Gasteiger partial charge in [-0.2, -0.15) is 0 Å². The van der Waals surface area contributed by atoms with Gasteiger partial charge in [0.2, 0.25) is 0 Å². The molecule has 3 nitrogen and oxygen atoms in total. The Hall–Kier alpha value is -1.51. The Labute approximate surface area is 90.0 Å². The zero-order valence-electron chi connectivity index (χ0n) is 9.37. The molecule has 3 heteroatoms. The van der Waals surface area contributed by atoms with Crippen molar-refractivity contribution in [3.63, 3.8) is 0 Å². The van der Waals surface area contributed by atoms with E-state index in [0.717, 1.165) is 35.3 Å². The minimum absolute atomic E-state index is 0.385. The van der Waals surface area contributed by atoms with Gasteiger partial charge in [-0.15, -0.1) is 0 Å². The van der Waals surface area contributed by atoms with Gasteiger partial charge in [0.05, 0.1) is 14.2 Å². The highest BCUT2D eigenvalue weighted by Crippen LogP contribution is 2.29. The summed E-state index contributed by atoms with van der Waals surface area (Å²) in [7, 11) is 3.22. The molecule has 0 aliphatic rings. The minimum Gasteiger partial charge on any atom is -0.497 e. The fraction of sp³-hybridized carbons (Fsp3) is 0.417. The Bertz CT molecular complexity index is 320. The van der Waals surface area contributed by atoms with Crippen molar-refractivity contribution in [2.24, 2.45) is 0 Å². The van der Waals surface area contributed by atoms with Gasteiger partial charge in [-0.25, -0.2) is 0 Å². The average molecular weight is 208 g/mol. The molecular formula is C12H16O3. The lowest BCUT2D eigenvalue weighted by molar-refractivity contribution is -0.107. The van der Waals surface area contributed by atoms with Crippen LogP contribution in [-0.2, 0) is 17.6 Å². The molecule has 0 aliphatic heterocycles. The molecule has 1 rings (SSSR count). The van der Waals surface area contributed by atoms with Crippen molar-refractivity contribution in [2.45, 2.75) is 19.8 Å². The highest BCUT2D eigenvalue weighted by molar-refractivity contribution is 5.60. The normalized spacial score (nSPS) is 9.80. The van der Waals surface area contributed by atoms with E-state index in [1.165, 1.54) is 0 Å². The fourth-order valence-electron chi connectivity index (χ4n) is 1.61. The Morgan fingerprint density at radius 1 is 1.27 bits per heavy atom. The van der Waals surface area contributed by atoms with Crippen molar-refractivity contribution in [2.75, 3.05) is 14.2 Å². The van der Waals surface area contributed by atoms with E-state index in [1.807, 2.05) is 13.0 Å². The van der Waals surface area contributed by atoms with Crippen LogP contribution in [0.1, 0.15) is 18.1 Å². The second-order valence-electron chi connectivity index (χ2n) is 3.19. The van der Waals surface area contributed by atoms with Gasteiger partial charge in [0.25, 0.3) is 0 Å². The van der Waals surface area contributed by atoms with Crippen LogP contribution in [0.4, 0.5) is 0 Å². The first-order chi connectivity index (χ1) is 7.26. The average Bonchev–Trinajstić information content (AvgIpc) is 2.29. The van der Waals surface area contributed by atoms with Crippen LogP contribution in [0.25, 0.3) is 0 Å². The number of aryl methyl sites for hydroxylation is 1. The molecule has 1 aromatic carbocycles. The summed E-state index contributed by atoms with van der Waals surface area (Å²) in [5, 5.41) is 0. The maximum Gasteiger partial charge on any atom is 0.126 e. The van der Waals surface area contributed by atoms with E-state index < -0.39 is 0 Å². The van der Waals surface area contributed by atoms with E-state index in [1.54, 1.807) is 20.3 Å². The molecule has 0 radical (unpaired) electrons. The molecule has 0 heterocycles. The number of benzene rings is 1. The van der Waals surface area contributed by atoms with Crippen LogP contribution >= 0.6 is 0 Å². The number of hydrogen-bond donors (Lipinski definition) is 0. The van der Waals surface area contributed by atoms with E-state index in [4.69, 9.17) is 9.47 Å². The first kappa shape index (κ1) is 11.6. The van der Waals surface area contributed by atoms with Gasteiger partial charge >= 0.3 is 0 Å². The van der Waals surface area contributed by atoms with Gasteiger partial charge < -0.3 is 14.3 Å². The van der Waals surface area contributed by atoms with Crippen LogP contribution in [-0.4, -0.2) is 20.5 Å². The molecule has 0 aliphatic carbocycles. The van der Waals surface area contributed by atoms with E-state index in [9.17, 15) is 4.79 Å². The topological polar surface area (TPSA) is 35.5 Å². The molecule has 0 saturated carbocycles. The van der Waals surface area contributed by atoms with Crippen LogP contribution < -0.4 is 9.47 Å². The highest BCUT2D eigenvalue weighted by Gasteiger charge is 2.10. The van der Waals surface area contributed by atoms with E-state index in [0.29, 0.717) is 6.42 Å². The second kappa shape index (κ2) is 5.39. The first-order valence-electron chi connectivity index (χ1n) is 4.94. The smallest absolute Gasteiger partial charge is 0.126 e. The molecule has 0 spiro atoms. The second-order valence-corrected chi connectivity index (χ2v) is 3.19. The first-order valence-corrected chi connectivity index (χ1v) is 4.94. The molecule has 0 aromatic heterocycles. The number of ether oxygens (including phenoxy) is 2. The van der Waals surface area contributed by atoms with Gasteiger partial charge in [-0.3, -0.25) is 0 Å². The number of methoxy groups -OCH3 is 2. The predicted octanol–water partition coefficient (Wildman–Crippen LogP) is 2.01. The molecule has 0 N–H and O–H groups in total. The SMILES string of the molecule is CCc1cc(OC)cc(OC)c1CC=O. The summed E-state index contributed by atoms with van der Waals surface area (Å²) in [6.45, 7) is 2.04. The van der Waals surface area contributed by atoms with Crippen molar-refractivity contribution in [1.29, 1.82) is 0 Å². The summed E-state index contributed by atoms with van der Waals surface area (Å²) in [6.07, 6.45) is 2.14. The third kappa shape index (κ3) is 2.49. The Balaban J connectivity index is 3.25.